The van der Waals surface area contributed by atoms with Crippen LogP contribution >= 0.6 is 26.0 Å². The van der Waals surface area contributed by atoms with Crippen LogP contribution in [0.1, 0.15) is 36.2 Å². The monoisotopic (exact) mass is 608 g/mol. The van der Waals surface area contributed by atoms with Gasteiger partial charge in [-0.15, -0.1) is 0 Å². The Kier molecular flexibility index (Phi) is 9.39. The molecule has 37 heavy (non-hydrogen) atoms. The number of anilines is 2. The minimum absolute atomic E-state index is 0.0210. The second-order valence-electron chi connectivity index (χ2n) is 10.2. The highest BCUT2D eigenvalue weighted by molar-refractivity contribution is 9.10. The van der Waals surface area contributed by atoms with Crippen LogP contribution in [0.5, 0.6) is 5.88 Å². The van der Waals surface area contributed by atoms with Gasteiger partial charge in [0.1, 0.15) is 11.5 Å². The van der Waals surface area contributed by atoms with Crippen LogP contribution in [0.25, 0.3) is 0 Å². The first kappa shape index (κ1) is 29.5. The Balaban J connectivity index is 1.93. The molecule has 0 aliphatic carbocycles. The molecule has 2 atom stereocenters. The van der Waals surface area contributed by atoms with Gasteiger partial charge in [-0.2, -0.15) is 0 Å². The summed E-state index contributed by atoms with van der Waals surface area (Å²) in [6, 6.07) is 2.31. The lowest BCUT2D eigenvalue weighted by atomic mass is 10.1. The second kappa shape index (κ2) is 11.8. The first-order valence-corrected chi connectivity index (χ1v) is 15.5. The summed E-state index contributed by atoms with van der Waals surface area (Å²) < 4.78 is 62.7. The fraction of sp³-hybridized carbons (Fsp3) is 0.520. The van der Waals surface area contributed by atoms with Crippen LogP contribution < -0.4 is 15.0 Å². The number of nitrogens with zero attached hydrogens (tertiary/aromatic N) is 3. The number of amides is 1. The lowest BCUT2D eigenvalue weighted by molar-refractivity contribution is 0.101. The Bertz CT molecular complexity index is 1140. The highest BCUT2D eigenvalue weighted by Crippen LogP contribution is 2.38. The highest BCUT2D eigenvalue weighted by Gasteiger charge is 2.31. The average molecular weight is 610 g/mol. The standard InChI is InChI=1S/C25H33BrF4N4O2S/c1-14-12-34(13-15(2)33(14)3)19-10-18(27)21(26)22(28)23(19)32-25(35)17-11-31-20(9-16(17)24(29)30)36-7-8-37(4,5)6/h9-11,14-15,24H,7-8,12-13H2,1-6H3,(H,32,35)/t14-,15+. The van der Waals surface area contributed by atoms with E-state index in [1.54, 1.807) is 4.90 Å². The fourth-order valence-electron chi connectivity index (χ4n) is 4.03. The zero-order valence-electron chi connectivity index (χ0n) is 21.7. The van der Waals surface area contributed by atoms with Gasteiger partial charge in [0, 0.05) is 54.8 Å². The van der Waals surface area contributed by atoms with Crippen molar-refractivity contribution in [2.24, 2.45) is 0 Å². The van der Waals surface area contributed by atoms with Crippen molar-refractivity contribution in [3.05, 3.63) is 45.6 Å². The van der Waals surface area contributed by atoms with Gasteiger partial charge < -0.3 is 15.0 Å². The van der Waals surface area contributed by atoms with E-state index in [9.17, 15) is 18.0 Å². The molecule has 1 aliphatic rings. The van der Waals surface area contributed by atoms with E-state index in [4.69, 9.17) is 4.74 Å². The van der Waals surface area contributed by atoms with E-state index < -0.39 is 49.6 Å². The summed E-state index contributed by atoms with van der Waals surface area (Å²) in [6.45, 7) is 5.19. The fourth-order valence-corrected chi connectivity index (χ4v) is 4.93. The van der Waals surface area contributed by atoms with Gasteiger partial charge in [0.25, 0.3) is 12.3 Å². The Hall–Kier alpha value is -2.05. The van der Waals surface area contributed by atoms with Gasteiger partial charge in [-0.1, -0.05) is 0 Å². The lowest BCUT2D eigenvalue weighted by Crippen LogP contribution is -2.55. The third-order valence-corrected chi connectivity index (χ3v) is 8.53. The molecular weight excluding hydrogens is 576 g/mol. The van der Waals surface area contributed by atoms with Gasteiger partial charge in [0.2, 0.25) is 5.88 Å². The van der Waals surface area contributed by atoms with Gasteiger partial charge in [-0.3, -0.25) is 9.69 Å². The quantitative estimate of drug-likeness (QED) is 0.298. The molecule has 1 aromatic carbocycles. The van der Waals surface area contributed by atoms with E-state index in [1.165, 1.54) is 0 Å². The molecule has 2 aromatic rings. The number of ether oxygens (including phenoxy) is 1. The third kappa shape index (κ3) is 7.08. The summed E-state index contributed by atoms with van der Waals surface area (Å²) in [6.07, 6.45) is 4.31. The van der Waals surface area contributed by atoms with Crippen molar-refractivity contribution in [2.75, 3.05) is 61.5 Å². The zero-order valence-corrected chi connectivity index (χ0v) is 24.2. The first-order chi connectivity index (χ1) is 17.2. The largest absolute Gasteiger partial charge is 0.477 e. The summed E-state index contributed by atoms with van der Waals surface area (Å²) >= 11 is 2.88. The Morgan fingerprint density at radius 1 is 1.22 bits per heavy atom. The zero-order chi connectivity index (χ0) is 27.7. The van der Waals surface area contributed by atoms with Crippen LogP contribution in [-0.2, 0) is 0 Å². The number of piperazine rings is 1. The number of carbonyl (C=O) groups is 1. The lowest BCUT2D eigenvalue weighted by Gasteiger charge is -2.44. The van der Waals surface area contributed by atoms with E-state index in [0.717, 1.165) is 24.1 Å². The molecule has 0 unspecified atom stereocenters. The molecule has 1 aromatic heterocycles. The maximum absolute atomic E-state index is 15.3. The van der Waals surface area contributed by atoms with Crippen molar-refractivity contribution in [2.45, 2.75) is 32.4 Å². The van der Waals surface area contributed by atoms with Crippen LogP contribution in [0.3, 0.4) is 0 Å². The van der Waals surface area contributed by atoms with E-state index in [1.807, 2.05) is 20.9 Å². The normalized spacial score (nSPS) is 19.3. The minimum atomic E-state index is -3.00. The van der Waals surface area contributed by atoms with Crippen LogP contribution in [0.15, 0.2) is 22.8 Å². The topological polar surface area (TPSA) is 57.7 Å². The summed E-state index contributed by atoms with van der Waals surface area (Å²) in [4.78, 5) is 21.1. The molecule has 0 spiro atoms. The molecule has 12 heteroatoms. The summed E-state index contributed by atoms with van der Waals surface area (Å²) in [5.74, 6) is -2.11. The van der Waals surface area contributed by atoms with Crippen molar-refractivity contribution >= 4 is 43.2 Å². The van der Waals surface area contributed by atoms with E-state index >= 15 is 4.39 Å². The number of aromatic nitrogens is 1. The SMILES string of the molecule is C[C@@H]1CN(c2cc(F)c(Br)c(F)c2NC(=O)c2cnc(OCCS(C)(C)C)cc2C(F)F)C[C@H](C)N1C. The van der Waals surface area contributed by atoms with Crippen molar-refractivity contribution in [1.82, 2.24) is 9.88 Å². The van der Waals surface area contributed by atoms with Crippen molar-refractivity contribution < 1.29 is 27.1 Å². The molecule has 1 amide bonds. The molecule has 1 N–H and O–H groups in total. The summed E-state index contributed by atoms with van der Waals surface area (Å²) in [5, 5.41) is 2.40. The van der Waals surface area contributed by atoms with Crippen molar-refractivity contribution in [3.8, 4) is 5.88 Å². The molecule has 1 saturated heterocycles. The van der Waals surface area contributed by atoms with Crippen molar-refractivity contribution in [1.29, 1.82) is 0 Å². The number of rotatable bonds is 8. The number of carbonyl (C=O) groups excluding carboxylic acids is 1. The molecule has 6 nitrogen and oxygen atoms in total. The number of pyridine rings is 1. The van der Waals surface area contributed by atoms with Crippen LogP contribution in [0.2, 0.25) is 0 Å². The van der Waals surface area contributed by atoms with Crippen LogP contribution in [-0.4, -0.2) is 79.1 Å². The predicted molar refractivity (Wildman–Crippen MR) is 146 cm³/mol. The Morgan fingerprint density at radius 3 is 2.41 bits per heavy atom. The number of hydrogen-bond donors (Lipinski definition) is 1. The number of nitrogens with one attached hydrogen (secondary N) is 1. The molecule has 2 heterocycles. The van der Waals surface area contributed by atoms with Gasteiger partial charge in [0.15, 0.2) is 5.82 Å². The van der Waals surface area contributed by atoms with Gasteiger partial charge >= 0.3 is 0 Å². The Labute approximate surface area is 225 Å². The number of benzene rings is 1. The molecule has 3 rings (SSSR count). The number of halogens is 5. The molecule has 0 bridgehead atoms. The summed E-state index contributed by atoms with van der Waals surface area (Å²) in [5.41, 5.74) is -1.17. The highest BCUT2D eigenvalue weighted by atomic mass is 79.9. The Morgan fingerprint density at radius 2 is 1.84 bits per heavy atom. The maximum Gasteiger partial charge on any atom is 0.264 e. The van der Waals surface area contributed by atoms with Gasteiger partial charge in [-0.25, -0.2) is 32.6 Å². The number of hydrogen-bond acceptors (Lipinski definition) is 5. The molecule has 0 radical (unpaired) electrons. The molecular formula is C25H33BrF4N4O2S. The first-order valence-electron chi connectivity index (χ1n) is 11.7. The summed E-state index contributed by atoms with van der Waals surface area (Å²) in [7, 11) is 1.12. The van der Waals surface area contributed by atoms with E-state index in [-0.39, 0.29) is 29.3 Å². The minimum Gasteiger partial charge on any atom is -0.477 e. The smallest absolute Gasteiger partial charge is 0.264 e. The molecule has 1 fully saturated rings. The average Bonchev–Trinajstić information content (AvgIpc) is 2.81. The second-order valence-corrected chi connectivity index (χ2v) is 15.5. The molecule has 0 saturated carbocycles. The maximum atomic E-state index is 15.3. The van der Waals surface area contributed by atoms with E-state index in [0.29, 0.717) is 19.7 Å². The number of alkyl halides is 2. The van der Waals surface area contributed by atoms with Crippen LogP contribution in [0.4, 0.5) is 28.9 Å². The third-order valence-electron chi connectivity index (χ3n) is 6.42. The van der Waals surface area contributed by atoms with Crippen LogP contribution in [0, 0.1) is 11.6 Å². The van der Waals surface area contributed by atoms with E-state index in [2.05, 4.69) is 49.9 Å². The van der Waals surface area contributed by atoms with Gasteiger partial charge in [0.05, 0.1) is 22.3 Å². The molecule has 1 aliphatic heterocycles. The molecule has 206 valence electrons. The predicted octanol–water partition coefficient (Wildman–Crippen LogP) is 5.91. The van der Waals surface area contributed by atoms with Crippen molar-refractivity contribution in [3.63, 3.8) is 0 Å². The van der Waals surface area contributed by atoms with Gasteiger partial charge in [-0.05, 0) is 55.6 Å². The number of likely N-dealkylation sites (N-methyl/N-ethyl adjacent to an activating group) is 1.